The number of esters is 1. The van der Waals surface area contributed by atoms with Crippen LogP contribution in [0.3, 0.4) is 0 Å². The first-order valence-corrected chi connectivity index (χ1v) is 8.24. The second-order valence-electron chi connectivity index (χ2n) is 6.50. The van der Waals surface area contributed by atoms with E-state index in [4.69, 9.17) is 4.74 Å². The molecule has 1 atom stereocenters. The first kappa shape index (κ1) is 18.9. The molecule has 1 unspecified atom stereocenters. The number of anilines is 1. The Morgan fingerprint density at radius 1 is 1.28 bits per heavy atom. The molecule has 1 aliphatic heterocycles. The molecule has 0 radical (unpaired) electrons. The summed E-state index contributed by atoms with van der Waals surface area (Å²) in [4.78, 5) is 36.4. The van der Waals surface area contributed by atoms with Crippen LogP contribution in [-0.4, -0.2) is 44.1 Å². The lowest BCUT2D eigenvalue weighted by atomic mass is 9.90. The van der Waals surface area contributed by atoms with Crippen molar-refractivity contribution in [2.75, 3.05) is 25.6 Å². The Morgan fingerprint density at radius 3 is 2.68 bits per heavy atom. The second-order valence-corrected chi connectivity index (χ2v) is 6.50. The molecule has 1 saturated heterocycles. The zero-order valence-corrected chi connectivity index (χ0v) is 14.8. The van der Waals surface area contributed by atoms with Gasteiger partial charge >= 0.3 is 5.97 Å². The number of methoxy groups -OCH3 is 1. The Kier molecular flexibility index (Phi) is 6.14. The maximum absolute atomic E-state index is 12.5. The minimum absolute atomic E-state index is 0.0135. The van der Waals surface area contributed by atoms with E-state index in [-0.39, 0.29) is 12.0 Å². The molecule has 1 aromatic carbocycles. The van der Waals surface area contributed by atoms with Gasteiger partial charge in [-0.05, 0) is 44.9 Å². The summed E-state index contributed by atoms with van der Waals surface area (Å²) in [5.41, 5.74) is -0.520. The molecule has 0 saturated carbocycles. The van der Waals surface area contributed by atoms with Gasteiger partial charge in [0.15, 0.2) is 0 Å². The van der Waals surface area contributed by atoms with Crippen LogP contribution in [0.2, 0.25) is 0 Å². The average molecular weight is 348 g/mol. The number of nitrogens with one attached hydrogen (secondary N) is 2. The minimum atomic E-state index is -1.26. The number of ether oxygens (including phenoxy) is 2. The van der Waals surface area contributed by atoms with Gasteiger partial charge in [0, 0.05) is 18.8 Å². The molecule has 1 heterocycles. The summed E-state index contributed by atoms with van der Waals surface area (Å²) in [6, 6.07) is 6.36. The molecule has 1 aromatic rings. The summed E-state index contributed by atoms with van der Waals surface area (Å²) in [7, 11) is 1.29. The van der Waals surface area contributed by atoms with Gasteiger partial charge in [-0.3, -0.25) is 9.59 Å². The molecule has 0 spiro atoms. The fraction of sp³-hybridized carbons (Fsp3) is 0.500. The van der Waals surface area contributed by atoms with Gasteiger partial charge in [0.1, 0.15) is 5.41 Å². The number of hydrogen-bond donors (Lipinski definition) is 2. The van der Waals surface area contributed by atoms with Gasteiger partial charge in [-0.15, -0.1) is 0 Å². The largest absolute Gasteiger partial charge is 0.465 e. The molecule has 0 aliphatic carbocycles. The lowest BCUT2D eigenvalue weighted by molar-refractivity contribution is -0.138. The van der Waals surface area contributed by atoms with E-state index >= 15 is 0 Å². The first-order valence-electron chi connectivity index (χ1n) is 8.24. The summed E-state index contributed by atoms with van der Waals surface area (Å²) in [6.45, 7) is 4.21. The molecule has 7 nitrogen and oxygen atoms in total. The van der Waals surface area contributed by atoms with Crippen LogP contribution in [0.15, 0.2) is 24.3 Å². The molecule has 25 heavy (non-hydrogen) atoms. The fourth-order valence-electron chi connectivity index (χ4n) is 2.47. The monoisotopic (exact) mass is 348 g/mol. The fourth-order valence-corrected chi connectivity index (χ4v) is 2.47. The highest BCUT2D eigenvalue weighted by molar-refractivity contribution is 6.10. The maximum Gasteiger partial charge on any atom is 0.337 e. The molecule has 2 amide bonds. The van der Waals surface area contributed by atoms with Crippen molar-refractivity contribution in [3.63, 3.8) is 0 Å². The number of benzene rings is 1. The van der Waals surface area contributed by atoms with E-state index in [1.54, 1.807) is 32.0 Å². The summed E-state index contributed by atoms with van der Waals surface area (Å²) < 4.78 is 10.1. The van der Waals surface area contributed by atoms with Gasteiger partial charge in [0.25, 0.3) is 0 Å². The van der Waals surface area contributed by atoms with Crippen molar-refractivity contribution >= 4 is 23.5 Å². The van der Waals surface area contributed by atoms with Gasteiger partial charge in [0.2, 0.25) is 11.8 Å². The molecule has 0 bridgehead atoms. The third-order valence-corrected chi connectivity index (χ3v) is 4.19. The van der Waals surface area contributed by atoms with E-state index in [0.29, 0.717) is 24.4 Å². The zero-order chi connectivity index (χ0) is 18.4. The van der Waals surface area contributed by atoms with E-state index in [9.17, 15) is 14.4 Å². The zero-order valence-electron chi connectivity index (χ0n) is 14.8. The van der Waals surface area contributed by atoms with Crippen LogP contribution in [0.1, 0.15) is 37.0 Å². The molecule has 2 rings (SSSR count). The first-order chi connectivity index (χ1) is 11.8. The normalized spacial score (nSPS) is 17.0. The van der Waals surface area contributed by atoms with Crippen LogP contribution in [0.4, 0.5) is 5.69 Å². The third kappa shape index (κ3) is 4.79. The lowest BCUT2D eigenvalue weighted by Gasteiger charge is -2.23. The van der Waals surface area contributed by atoms with E-state index in [1.807, 2.05) is 0 Å². The maximum atomic E-state index is 12.5. The summed E-state index contributed by atoms with van der Waals surface area (Å²) in [5, 5.41) is 5.44. The highest BCUT2D eigenvalue weighted by atomic mass is 16.5. The number of rotatable bonds is 6. The van der Waals surface area contributed by atoms with Crippen molar-refractivity contribution in [3.05, 3.63) is 29.8 Å². The van der Waals surface area contributed by atoms with Crippen LogP contribution in [0, 0.1) is 5.41 Å². The van der Waals surface area contributed by atoms with E-state index in [0.717, 1.165) is 12.8 Å². The number of amides is 2. The Bertz CT molecular complexity index is 651. The molecule has 7 heteroatoms. The van der Waals surface area contributed by atoms with Crippen LogP contribution >= 0.6 is 0 Å². The van der Waals surface area contributed by atoms with Crippen molar-refractivity contribution in [2.24, 2.45) is 5.41 Å². The minimum Gasteiger partial charge on any atom is -0.465 e. The van der Waals surface area contributed by atoms with Gasteiger partial charge in [-0.25, -0.2) is 4.79 Å². The molecule has 1 fully saturated rings. The Hall–Kier alpha value is -2.41. The standard InChI is InChI=1S/C18H24N2O5/c1-18(2,16(22)19-11-14-8-5-9-25-14)17(23)20-13-7-4-6-12(10-13)15(21)24-3/h4,6-7,10,14H,5,8-9,11H2,1-3H3,(H,19,22)(H,20,23). The van der Waals surface area contributed by atoms with Crippen molar-refractivity contribution in [1.82, 2.24) is 5.32 Å². The number of hydrogen-bond acceptors (Lipinski definition) is 5. The van der Waals surface area contributed by atoms with Crippen LogP contribution < -0.4 is 10.6 Å². The number of carbonyl (C=O) groups excluding carboxylic acids is 3. The summed E-state index contributed by atoms with van der Waals surface area (Å²) >= 11 is 0. The molecule has 1 aliphatic rings. The topological polar surface area (TPSA) is 93.7 Å². The molecule has 2 N–H and O–H groups in total. The SMILES string of the molecule is COC(=O)c1cccc(NC(=O)C(C)(C)C(=O)NCC2CCCO2)c1. The van der Waals surface area contributed by atoms with Crippen molar-refractivity contribution in [1.29, 1.82) is 0 Å². The Labute approximate surface area is 147 Å². The van der Waals surface area contributed by atoms with Crippen molar-refractivity contribution in [3.8, 4) is 0 Å². The van der Waals surface area contributed by atoms with E-state index in [2.05, 4.69) is 15.4 Å². The van der Waals surface area contributed by atoms with Crippen LogP contribution in [0.25, 0.3) is 0 Å². The lowest BCUT2D eigenvalue weighted by Crippen LogP contribution is -2.47. The van der Waals surface area contributed by atoms with Crippen LogP contribution in [-0.2, 0) is 19.1 Å². The Morgan fingerprint density at radius 2 is 2.04 bits per heavy atom. The molecular weight excluding hydrogens is 324 g/mol. The Balaban J connectivity index is 1.97. The van der Waals surface area contributed by atoms with Crippen molar-refractivity contribution in [2.45, 2.75) is 32.8 Å². The smallest absolute Gasteiger partial charge is 0.337 e. The second kappa shape index (κ2) is 8.11. The van der Waals surface area contributed by atoms with Gasteiger partial charge in [-0.1, -0.05) is 6.07 Å². The predicted octanol–water partition coefficient (Wildman–Crippen LogP) is 1.73. The van der Waals surface area contributed by atoms with Gasteiger partial charge in [0.05, 0.1) is 18.8 Å². The third-order valence-electron chi connectivity index (χ3n) is 4.19. The van der Waals surface area contributed by atoms with Crippen LogP contribution in [0.5, 0.6) is 0 Å². The summed E-state index contributed by atoms with van der Waals surface area (Å²) in [5.74, 6) is -1.33. The van der Waals surface area contributed by atoms with E-state index < -0.39 is 17.3 Å². The van der Waals surface area contributed by atoms with E-state index in [1.165, 1.54) is 13.2 Å². The quantitative estimate of drug-likeness (QED) is 0.603. The molecular formula is C18H24N2O5. The highest BCUT2D eigenvalue weighted by Crippen LogP contribution is 2.20. The predicted molar refractivity (Wildman–Crippen MR) is 92.2 cm³/mol. The molecule has 136 valence electrons. The average Bonchev–Trinajstić information content (AvgIpc) is 3.12. The number of carbonyl (C=O) groups is 3. The van der Waals surface area contributed by atoms with Crippen molar-refractivity contribution < 1.29 is 23.9 Å². The van der Waals surface area contributed by atoms with Gasteiger partial charge in [-0.2, -0.15) is 0 Å². The summed E-state index contributed by atoms with van der Waals surface area (Å²) in [6.07, 6.45) is 1.91. The van der Waals surface area contributed by atoms with Gasteiger partial charge < -0.3 is 20.1 Å². The highest BCUT2D eigenvalue weighted by Gasteiger charge is 2.36. The molecule has 0 aromatic heterocycles.